The Morgan fingerprint density at radius 1 is 1.06 bits per heavy atom. The van der Waals surface area contributed by atoms with Crippen molar-refractivity contribution in [3.63, 3.8) is 0 Å². The predicted molar refractivity (Wildman–Crippen MR) is 133 cm³/mol. The zero-order valence-corrected chi connectivity index (χ0v) is 18.8. The van der Waals surface area contributed by atoms with Gasteiger partial charge in [-0.1, -0.05) is 30.3 Å². The molecular weight excluding hydrogens is 433 g/mol. The van der Waals surface area contributed by atoms with Crippen LogP contribution in [0.25, 0.3) is 21.1 Å². The number of benzene rings is 2. The number of aryl methyl sites for hydroxylation is 2. The van der Waals surface area contributed by atoms with Gasteiger partial charge in [0.1, 0.15) is 17.0 Å². The van der Waals surface area contributed by atoms with Gasteiger partial charge in [0, 0.05) is 34.1 Å². The van der Waals surface area contributed by atoms with Crippen molar-refractivity contribution in [3.05, 3.63) is 88.4 Å². The second-order valence-electron chi connectivity index (χ2n) is 8.34. The smallest absolute Gasteiger partial charge is 0.158 e. The van der Waals surface area contributed by atoms with E-state index in [0.717, 1.165) is 50.9 Å². The number of fused-ring (bicyclic) bond motifs is 4. The fraction of sp³-hybridized carbons (Fsp3) is 0.192. The number of rotatable bonds is 5. The summed E-state index contributed by atoms with van der Waals surface area (Å²) in [5.41, 5.74) is 7.73. The van der Waals surface area contributed by atoms with E-state index in [1.54, 1.807) is 17.7 Å². The molecule has 0 unspecified atom stereocenters. The zero-order valence-electron chi connectivity index (χ0n) is 18.0. The first-order valence-electron chi connectivity index (χ1n) is 11.1. The molecule has 0 bridgehead atoms. The van der Waals surface area contributed by atoms with Crippen LogP contribution in [0.3, 0.4) is 0 Å². The topological polar surface area (TPSA) is 55.1 Å². The first-order valence-corrected chi connectivity index (χ1v) is 11.9. The molecule has 0 spiro atoms. The fourth-order valence-corrected chi connectivity index (χ4v) is 5.86. The van der Waals surface area contributed by atoms with Crippen molar-refractivity contribution in [1.29, 1.82) is 0 Å². The number of thiophene rings is 1. The Hall–Kier alpha value is -3.58. The first-order chi connectivity index (χ1) is 16.3. The van der Waals surface area contributed by atoms with Crippen LogP contribution in [0.2, 0.25) is 0 Å². The number of hydrogen-bond donors (Lipinski definition) is 1. The van der Waals surface area contributed by atoms with Gasteiger partial charge in [0.15, 0.2) is 5.82 Å². The van der Waals surface area contributed by atoms with E-state index in [4.69, 9.17) is 0 Å². The third-order valence-electron chi connectivity index (χ3n) is 6.21. The monoisotopic (exact) mass is 455 g/mol. The molecule has 0 saturated heterocycles. The highest BCUT2D eigenvalue weighted by molar-refractivity contribution is 7.19. The summed E-state index contributed by atoms with van der Waals surface area (Å²) < 4.78 is 15.5. The lowest BCUT2D eigenvalue weighted by atomic mass is 9.97. The molecule has 5 nitrogen and oxygen atoms in total. The summed E-state index contributed by atoms with van der Waals surface area (Å²) in [6.07, 6.45) is 10.2. The minimum atomic E-state index is -0.222. The van der Waals surface area contributed by atoms with Crippen LogP contribution in [0.1, 0.15) is 34.4 Å². The van der Waals surface area contributed by atoms with E-state index in [2.05, 4.69) is 43.4 Å². The fourth-order valence-electron chi connectivity index (χ4n) is 4.63. The molecule has 0 aliphatic heterocycles. The molecule has 3 aromatic heterocycles. The Kier molecular flexibility index (Phi) is 5.11. The minimum absolute atomic E-state index is 0.222. The van der Waals surface area contributed by atoms with E-state index < -0.39 is 0 Å². The zero-order chi connectivity index (χ0) is 22.2. The van der Waals surface area contributed by atoms with Gasteiger partial charge in [0.2, 0.25) is 0 Å². The third-order valence-corrected chi connectivity index (χ3v) is 7.41. The van der Waals surface area contributed by atoms with E-state index in [1.807, 2.05) is 30.5 Å². The molecular formula is C26H22FN5S. The number of para-hydroxylation sites is 1. The number of aromatic nitrogens is 3. The van der Waals surface area contributed by atoms with E-state index in [0.29, 0.717) is 6.54 Å². The summed E-state index contributed by atoms with van der Waals surface area (Å²) >= 11 is 1.78. The number of nitrogens with one attached hydrogen (secondary N) is 1. The Morgan fingerprint density at radius 2 is 1.91 bits per heavy atom. The van der Waals surface area contributed by atoms with Crippen LogP contribution in [0.15, 0.2) is 66.2 Å². The summed E-state index contributed by atoms with van der Waals surface area (Å²) in [6.45, 7) is 0.662. The van der Waals surface area contributed by atoms with Gasteiger partial charge in [0.05, 0.1) is 11.6 Å². The standard InChI is InChI=1S/C26H22FN5S/c27-19-11-9-17(10-12-19)14-32-15-18(20-5-1-3-7-22(20)32)13-30-31-25-24-21-6-2-4-8-23(21)33-26(24)29-16-28-25/h1,3,5,7,9-13,15-16H,2,4,6,8,14H2,(H,28,29,31)/b30-13+. The summed E-state index contributed by atoms with van der Waals surface area (Å²) in [5.74, 6) is 0.548. The molecule has 0 atom stereocenters. The van der Waals surface area contributed by atoms with E-state index in [-0.39, 0.29) is 5.82 Å². The highest BCUT2D eigenvalue weighted by Gasteiger charge is 2.19. The lowest BCUT2D eigenvalue weighted by Gasteiger charge is -2.11. The number of hydrogen-bond acceptors (Lipinski definition) is 5. The molecule has 164 valence electrons. The van der Waals surface area contributed by atoms with Gasteiger partial charge in [-0.2, -0.15) is 5.10 Å². The van der Waals surface area contributed by atoms with Crippen molar-refractivity contribution in [2.75, 3.05) is 5.43 Å². The van der Waals surface area contributed by atoms with Crippen molar-refractivity contribution < 1.29 is 4.39 Å². The third kappa shape index (κ3) is 3.78. The molecule has 5 aromatic rings. The highest BCUT2D eigenvalue weighted by Crippen LogP contribution is 2.38. The van der Waals surface area contributed by atoms with Gasteiger partial charge >= 0.3 is 0 Å². The average molecular weight is 456 g/mol. The number of hydrazone groups is 1. The molecule has 0 fully saturated rings. The van der Waals surface area contributed by atoms with Crippen LogP contribution < -0.4 is 5.43 Å². The average Bonchev–Trinajstić information content (AvgIpc) is 3.40. The minimum Gasteiger partial charge on any atom is -0.342 e. The molecule has 2 aromatic carbocycles. The highest BCUT2D eigenvalue weighted by atomic mass is 32.1. The van der Waals surface area contributed by atoms with Crippen LogP contribution >= 0.6 is 11.3 Å². The van der Waals surface area contributed by atoms with Crippen molar-refractivity contribution in [2.24, 2.45) is 5.10 Å². The maximum atomic E-state index is 13.3. The largest absolute Gasteiger partial charge is 0.342 e. The first kappa shape index (κ1) is 20.1. The molecule has 7 heteroatoms. The van der Waals surface area contributed by atoms with Gasteiger partial charge in [-0.25, -0.2) is 14.4 Å². The summed E-state index contributed by atoms with van der Waals surface area (Å²) in [5, 5.41) is 6.78. The summed E-state index contributed by atoms with van der Waals surface area (Å²) in [6, 6.07) is 14.9. The SMILES string of the molecule is Fc1ccc(Cn2cc(/C=N/Nc3ncnc4sc5c(c34)CCCC5)c3ccccc32)cc1. The van der Waals surface area contributed by atoms with Gasteiger partial charge in [-0.15, -0.1) is 11.3 Å². The van der Waals surface area contributed by atoms with E-state index in [1.165, 1.54) is 35.4 Å². The van der Waals surface area contributed by atoms with Gasteiger partial charge in [0.25, 0.3) is 0 Å². The molecule has 33 heavy (non-hydrogen) atoms. The molecule has 1 aliphatic rings. The molecule has 3 heterocycles. The van der Waals surface area contributed by atoms with E-state index in [9.17, 15) is 4.39 Å². The predicted octanol–water partition coefficient (Wildman–Crippen LogP) is 6.16. The molecule has 1 N–H and O–H groups in total. The number of halogens is 1. The van der Waals surface area contributed by atoms with Crippen LogP contribution in [0.4, 0.5) is 10.2 Å². The summed E-state index contributed by atoms with van der Waals surface area (Å²) in [7, 11) is 0. The van der Waals surface area contributed by atoms with Crippen molar-refractivity contribution in [1.82, 2.24) is 14.5 Å². The Labute approximate surface area is 194 Å². The maximum absolute atomic E-state index is 13.3. The molecule has 6 rings (SSSR count). The lowest BCUT2D eigenvalue weighted by Crippen LogP contribution is -2.01. The maximum Gasteiger partial charge on any atom is 0.158 e. The molecule has 0 radical (unpaired) electrons. The van der Waals surface area contributed by atoms with Crippen LogP contribution in [-0.2, 0) is 19.4 Å². The molecule has 1 aliphatic carbocycles. The molecule has 0 saturated carbocycles. The van der Waals surface area contributed by atoms with Gasteiger partial charge in [-0.05, 0) is 55.0 Å². The van der Waals surface area contributed by atoms with Crippen molar-refractivity contribution in [3.8, 4) is 0 Å². The van der Waals surface area contributed by atoms with Gasteiger partial charge in [-0.3, -0.25) is 5.43 Å². The Bertz CT molecular complexity index is 1480. The lowest BCUT2D eigenvalue weighted by molar-refractivity contribution is 0.626. The van der Waals surface area contributed by atoms with Crippen molar-refractivity contribution >= 4 is 44.5 Å². The normalized spacial score (nSPS) is 13.7. The van der Waals surface area contributed by atoms with E-state index >= 15 is 0 Å². The summed E-state index contributed by atoms with van der Waals surface area (Å²) in [4.78, 5) is 11.4. The number of nitrogens with zero attached hydrogens (tertiary/aromatic N) is 4. The van der Waals surface area contributed by atoms with Crippen LogP contribution in [0, 0.1) is 5.82 Å². The second-order valence-corrected chi connectivity index (χ2v) is 9.42. The Balaban J connectivity index is 1.31. The van der Waals surface area contributed by atoms with Crippen LogP contribution in [0.5, 0.6) is 0 Å². The van der Waals surface area contributed by atoms with Crippen LogP contribution in [-0.4, -0.2) is 20.7 Å². The number of anilines is 1. The van der Waals surface area contributed by atoms with Crippen molar-refractivity contribution in [2.45, 2.75) is 32.2 Å². The second kappa shape index (κ2) is 8.41. The quantitative estimate of drug-likeness (QED) is 0.255. The Morgan fingerprint density at radius 3 is 2.82 bits per heavy atom. The van der Waals surface area contributed by atoms with Gasteiger partial charge < -0.3 is 4.57 Å². The molecule has 0 amide bonds.